The molecule has 0 saturated heterocycles. The lowest BCUT2D eigenvalue weighted by molar-refractivity contribution is 0.0792. The topological polar surface area (TPSA) is 20.2 Å². The fraction of sp³-hybridized carbons (Fsp3) is 0.231. The molecule has 2 aromatic rings. The van der Waals surface area contributed by atoms with Crippen LogP contribution in [0, 0.1) is 0 Å². The molecule has 1 aromatic carbocycles. The maximum absolute atomic E-state index is 10.1. The fourth-order valence-electron chi connectivity index (χ4n) is 1.67. The van der Waals surface area contributed by atoms with Crippen molar-refractivity contribution in [2.75, 3.05) is 0 Å². The van der Waals surface area contributed by atoms with Gasteiger partial charge >= 0.3 is 0 Å². The van der Waals surface area contributed by atoms with Gasteiger partial charge in [0.15, 0.2) is 0 Å². The van der Waals surface area contributed by atoms with Crippen LogP contribution >= 0.6 is 22.9 Å². The first kappa shape index (κ1) is 11.6. The molecule has 1 N–H and O–H groups in total. The Labute approximate surface area is 104 Å². The molecule has 1 heterocycles. The van der Waals surface area contributed by atoms with Crippen LogP contribution in [0.15, 0.2) is 35.7 Å². The summed E-state index contributed by atoms with van der Waals surface area (Å²) in [6.07, 6.45) is 0. The van der Waals surface area contributed by atoms with Gasteiger partial charge in [0.2, 0.25) is 0 Å². The molecule has 0 saturated carbocycles. The molecule has 0 spiro atoms. The molecule has 0 atom stereocenters. The number of rotatable bonds is 2. The fourth-order valence-corrected chi connectivity index (χ4v) is 2.61. The third-order valence-electron chi connectivity index (χ3n) is 2.43. The van der Waals surface area contributed by atoms with Crippen molar-refractivity contribution in [2.45, 2.75) is 19.4 Å². The van der Waals surface area contributed by atoms with Crippen LogP contribution in [0.5, 0.6) is 0 Å². The average molecular weight is 253 g/mol. The Morgan fingerprint density at radius 3 is 2.56 bits per heavy atom. The Balaban J connectivity index is 2.62. The van der Waals surface area contributed by atoms with Gasteiger partial charge in [-0.1, -0.05) is 23.7 Å². The Hall–Kier alpha value is -0.830. The molecule has 1 aromatic heterocycles. The highest BCUT2D eigenvalue weighted by atomic mass is 35.5. The number of halogens is 1. The van der Waals surface area contributed by atoms with Crippen molar-refractivity contribution in [3.8, 4) is 10.4 Å². The van der Waals surface area contributed by atoms with E-state index in [9.17, 15) is 5.11 Å². The van der Waals surface area contributed by atoms with Crippen LogP contribution in [0.2, 0.25) is 5.02 Å². The van der Waals surface area contributed by atoms with Gasteiger partial charge in [-0.2, -0.15) is 0 Å². The summed E-state index contributed by atoms with van der Waals surface area (Å²) in [6, 6.07) is 9.69. The molecule has 1 nitrogen and oxygen atoms in total. The number of aliphatic hydroxyl groups is 1. The van der Waals surface area contributed by atoms with E-state index < -0.39 is 5.60 Å². The minimum Gasteiger partial charge on any atom is -0.386 e. The third kappa shape index (κ3) is 2.29. The third-order valence-corrected chi connectivity index (χ3v) is 3.57. The Morgan fingerprint density at radius 2 is 2.00 bits per heavy atom. The van der Waals surface area contributed by atoms with Crippen LogP contribution in [0.3, 0.4) is 0 Å². The van der Waals surface area contributed by atoms with Crippen LogP contribution in [-0.4, -0.2) is 5.11 Å². The second kappa shape index (κ2) is 4.21. The van der Waals surface area contributed by atoms with E-state index in [0.29, 0.717) is 5.02 Å². The molecular formula is C13H13ClOS. The molecule has 0 aliphatic carbocycles. The summed E-state index contributed by atoms with van der Waals surface area (Å²) in [7, 11) is 0. The second-order valence-electron chi connectivity index (χ2n) is 4.23. The molecule has 16 heavy (non-hydrogen) atoms. The Bertz CT molecular complexity index is 483. The predicted molar refractivity (Wildman–Crippen MR) is 70.0 cm³/mol. The first-order valence-electron chi connectivity index (χ1n) is 5.05. The first-order valence-corrected chi connectivity index (χ1v) is 6.30. The van der Waals surface area contributed by atoms with E-state index in [4.69, 9.17) is 11.6 Å². The predicted octanol–water partition coefficient (Wildman–Crippen LogP) is 4.30. The summed E-state index contributed by atoms with van der Waals surface area (Å²) in [6.45, 7) is 3.55. The summed E-state index contributed by atoms with van der Waals surface area (Å²) in [5.41, 5.74) is 1.03. The van der Waals surface area contributed by atoms with E-state index in [1.165, 1.54) is 0 Å². The lowest BCUT2D eigenvalue weighted by Crippen LogP contribution is -2.16. The average Bonchev–Trinajstić information content (AvgIpc) is 2.69. The van der Waals surface area contributed by atoms with Gasteiger partial charge in [0.1, 0.15) is 0 Å². The highest BCUT2D eigenvalue weighted by Gasteiger charge is 2.21. The van der Waals surface area contributed by atoms with Gasteiger partial charge < -0.3 is 5.11 Å². The number of hydrogen-bond donors (Lipinski definition) is 1. The van der Waals surface area contributed by atoms with Crippen molar-refractivity contribution >= 4 is 22.9 Å². The largest absolute Gasteiger partial charge is 0.386 e. The minimum atomic E-state index is -0.885. The van der Waals surface area contributed by atoms with Crippen molar-refractivity contribution in [1.29, 1.82) is 0 Å². The van der Waals surface area contributed by atoms with E-state index in [0.717, 1.165) is 16.0 Å². The SMILES string of the molecule is CC(C)(O)c1cc(Cl)ccc1-c1cccs1. The van der Waals surface area contributed by atoms with Crippen molar-refractivity contribution in [2.24, 2.45) is 0 Å². The summed E-state index contributed by atoms with van der Waals surface area (Å²) >= 11 is 7.63. The zero-order chi connectivity index (χ0) is 11.8. The smallest absolute Gasteiger partial charge is 0.0847 e. The Morgan fingerprint density at radius 1 is 1.25 bits per heavy atom. The van der Waals surface area contributed by atoms with Gasteiger partial charge in [-0.15, -0.1) is 11.3 Å². The maximum atomic E-state index is 10.1. The standard InChI is InChI=1S/C13H13ClOS/c1-13(2,15)11-8-9(14)5-6-10(11)12-4-3-7-16-12/h3-8,15H,1-2H3. The number of hydrogen-bond acceptors (Lipinski definition) is 2. The number of benzene rings is 1. The van der Waals surface area contributed by atoms with Crippen LogP contribution in [0.25, 0.3) is 10.4 Å². The zero-order valence-corrected chi connectivity index (χ0v) is 10.8. The molecular weight excluding hydrogens is 240 g/mol. The van der Waals surface area contributed by atoms with Gasteiger partial charge in [0, 0.05) is 9.90 Å². The maximum Gasteiger partial charge on any atom is 0.0847 e. The van der Waals surface area contributed by atoms with Gasteiger partial charge in [0.05, 0.1) is 5.60 Å². The van der Waals surface area contributed by atoms with Crippen LogP contribution in [-0.2, 0) is 5.60 Å². The second-order valence-corrected chi connectivity index (χ2v) is 5.61. The molecule has 0 fully saturated rings. The highest BCUT2D eigenvalue weighted by Crippen LogP contribution is 2.35. The molecule has 0 bridgehead atoms. The molecule has 84 valence electrons. The normalized spacial score (nSPS) is 11.8. The molecule has 0 radical (unpaired) electrons. The van der Waals surface area contributed by atoms with Gasteiger partial charge in [-0.25, -0.2) is 0 Å². The van der Waals surface area contributed by atoms with Gasteiger partial charge in [-0.3, -0.25) is 0 Å². The monoisotopic (exact) mass is 252 g/mol. The molecule has 0 aliphatic rings. The summed E-state index contributed by atoms with van der Waals surface area (Å²) in [4.78, 5) is 1.15. The van der Waals surface area contributed by atoms with Crippen LogP contribution < -0.4 is 0 Å². The minimum absolute atomic E-state index is 0.650. The summed E-state index contributed by atoms with van der Waals surface area (Å²) in [5, 5.41) is 12.8. The van der Waals surface area contributed by atoms with Gasteiger partial charge in [-0.05, 0) is 48.6 Å². The van der Waals surface area contributed by atoms with Crippen LogP contribution in [0.4, 0.5) is 0 Å². The first-order chi connectivity index (χ1) is 7.48. The van der Waals surface area contributed by atoms with E-state index in [1.807, 2.05) is 35.7 Å². The lowest BCUT2D eigenvalue weighted by Gasteiger charge is -2.21. The summed E-state index contributed by atoms with van der Waals surface area (Å²) in [5.74, 6) is 0. The van der Waals surface area contributed by atoms with Crippen LogP contribution in [0.1, 0.15) is 19.4 Å². The van der Waals surface area contributed by atoms with Crippen molar-refractivity contribution in [3.05, 3.63) is 46.3 Å². The van der Waals surface area contributed by atoms with E-state index >= 15 is 0 Å². The van der Waals surface area contributed by atoms with E-state index in [1.54, 1.807) is 25.2 Å². The molecule has 3 heteroatoms. The van der Waals surface area contributed by atoms with E-state index in [2.05, 4.69) is 0 Å². The molecule has 0 unspecified atom stereocenters. The van der Waals surface area contributed by atoms with Crippen molar-refractivity contribution in [1.82, 2.24) is 0 Å². The van der Waals surface area contributed by atoms with Crippen molar-refractivity contribution in [3.63, 3.8) is 0 Å². The zero-order valence-electron chi connectivity index (χ0n) is 9.20. The molecule has 0 amide bonds. The quantitative estimate of drug-likeness (QED) is 0.845. The lowest BCUT2D eigenvalue weighted by atomic mass is 9.92. The summed E-state index contributed by atoms with van der Waals surface area (Å²) < 4.78 is 0. The van der Waals surface area contributed by atoms with Gasteiger partial charge in [0.25, 0.3) is 0 Å². The Kier molecular flexibility index (Phi) is 3.06. The van der Waals surface area contributed by atoms with E-state index in [-0.39, 0.29) is 0 Å². The molecule has 0 aliphatic heterocycles. The highest BCUT2D eigenvalue weighted by molar-refractivity contribution is 7.13. The van der Waals surface area contributed by atoms with Crippen molar-refractivity contribution < 1.29 is 5.11 Å². The molecule has 2 rings (SSSR count). The number of thiophene rings is 1.